The predicted molar refractivity (Wildman–Crippen MR) is 87.6 cm³/mol. The molecular formula is C15H21Cl2NS. The van der Waals surface area contributed by atoms with Gasteiger partial charge in [0.2, 0.25) is 0 Å². The third kappa shape index (κ3) is 4.29. The molecule has 0 amide bonds. The predicted octanol–water partition coefficient (Wildman–Crippen LogP) is 5.32. The Morgan fingerprint density at radius 3 is 2.42 bits per heavy atom. The summed E-state index contributed by atoms with van der Waals surface area (Å²) in [5, 5.41) is 5.84. The molecule has 0 heterocycles. The van der Waals surface area contributed by atoms with Crippen LogP contribution in [-0.4, -0.2) is 17.5 Å². The quantitative estimate of drug-likeness (QED) is 0.806. The Hall–Kier alpha value is 0.110. The van der Waals surface area contributed by atoms with E-state index in [-0.39, 0.29) is 0 Å². The third-order valence-electron chi connectivity index (χ3n) is 3.94. The largest absolute Gasteiger partial charge is 0.307 e. The van der Waals surface area contributed by atoms with Crippen LogP contribution in [-0.2, 0) is 0 Å². The maximum Gasteiger partial charge on any atom is 0.0595 e. The van der Waals surface area contributed by atoms with E-state index in [9.17, 15) is 0 Å². The lowest BCUT2D eigenvalue weighted by atomic mass is 9.93. The Balaban J connectivity index is 1.90. The summed E-state index contributed by atoms with van der Waals surface area (Å²) in [6, 6.07) is 6.86. The second-order valence-electron chi connectivity index (χ2n) is 5.27. The van der Waals surface area contributed by atoms with Gasteiger partial charge >= 0.3 is 0 Å². The van der Waals surface area contributed by atoms with E-state index < -0.39 is 0 Å². The fraction of sp³-hybridized carbons (Fsp3) is 0.600. The highest BCUT2D eigenvalue weighted by Gasteiger charge is 2.21. The van der Waals surface area contributed by atoms with Crippen LogP contribution in [0.1, 0.15) is 44.2 Å². The van der Waals surface area contributed by atoms with E-state index in [0.29, 0.717) is 22.1 Å². The van der Waals surface area contributed by atoms with Gasteiger partial charge in [0.1, 0.15) is 0 Å². The summed E-state index contributed by atoms with van der Waals surface area (Å²) in [5.74, 6) is 0. The van der Waals surface area contributed by atoms with Crippen LogP contribution in [0.2, 0.25) is 10.0 Å². The van der Waals surface area contributed by atoms with Crippen molar-refractivity contribution in [1.82, 2.24) is 5.32 Å². The second kappa shape index (κ2) is 7.21. The molecule has 1 nitrogen and oxygen atoms in total. The second-order valence-corrected chi connectivity index (χ2v) is 7.22. The van der Waals surface area contributed by atoms with Crippen LogP contribution in [0, 0.1) is 0 Å². The zero-order chi connectivity index (χ0) is 13.8. The molecule has 1 N–H and O–H groups in total. The Kier molecular flexibility index (Phi) is 5.88. The average molecular weight is 318 g/mol. The SMILES string of the molecule is CSC1CCC(NC(C)c2ccc(Cl)c(Cl)c2)CC1. The van der Waals surface area contributed by atoms with Gasteiger partial charge in [-0.05, 0) is 56.6 Å². The topological polar surface area (TPSA) is 12.0 Å². The lowest BCUT2D eigenvalue weighted by Gasteiger charge is -2.30. The molecule has 0 aliphatic heterocycles. The van der Waals surface area contributed by atoms with E-state index in [0.717, 1.165) is 5.25 Å². The van der Waals surface area contributed by atoms with E-state index >= 15 is 0 Å². The molecule has 0 saturated heterocycles. The van der Waals surface area contributed by atoms with Crippen LogP contribution >= 0.6 is 35.0 Å². The molecule has 0 radical (unpaired) electrons. The van der Waals surface area contributed by atoms with E-state index in [2.05, 4.69) is 24.6 Å². The van der Waals surface area contributed by atoms with Crippen molar-refractivity contribution in [2.75, 3.05) is 6.26 Å². The van der Waals surface area contributed by atoms with Crippen molar-refractivity contribution in [2.45, 2.75) is 49.9 Å². The number of rotatable bonds is 4. The molecule has 1 unspecified atom stereocenters. The van der Waals surface area contributed by atoms with E-state index in [4.69, 9.17) is 23.2 Å². The van der Waals surface area contributed by atoms with Crippen molar-refractivity contribution in [1.29, 1.82) is 0 Å². The molecular weight excluding hydrogens is 297 g/mol. The van der Waals surface area contributed by atoms with E-state index in [1.54, 1.807) is 0 Å². The van der Waals surface area contributed by atoms with Crippen LogP contribution in [0.4, 0.5) is 0 Å². The Morgan fingerprint density at radius 1 is 1.16 bits per heavy atom. The van der Waals surface area contributed by atoms with Gasteiger partial charge in [0, 0.05) is 17.3 Å². The Morgan fingerprint density at radius 2 is 1.84 bits per heavy atom. The highest BCUT2D eigenvalue weighted by molar-refractivity contribution is 7.99. The number of halogens is 2. The van der Waals surface area contributed by atoms with Gasteiger partial charge in [-0.1, -0.05) is 29.3 Å². The lowest BCUT2D eigenvalue weighted by Crippen LogP contribution is -2.35. The maximum atomic E-state index is 6.08. The fourth-order valence-corrected chi connectivity index (χ4v) is 3.75. The van der Waals surface area contributed by atoms with Gasteiger partial charge in [-0.25, -0.2) is 0 Å². The monoisotopic (exact) mass is 317 g/mol. The molecule has 1 saturated carbocycles. The third-order valence-corrected chi connectivity index (χ3v) is 5.81. The Bertz CT molecular complexity index is 417. The average Bonchev–Trinajstić information content (AvgIpc) is 2.42. The van der Waals surface area contributed by atoms with Gasteiger partial charge in [-0.2, -0.15) is 11.8 Å². The summed E-state index contributed by atoms with van der Waals surface area (Å²) in [5.41, 5.74) is 1.21. The lowest BCUT2D eigenvalue weighted by molar-refractivity contribution is 0.352. The van der Waals surface area contributed by atoms with Gasteiger partial charge in [0.25, 0.3) is 0 Å². The highest BCUT2D eigenvalue weighted by Crippen LogP contribution is 2.29. The molecule has 106 valence electrons. The van der Waals surface area contributed by atoms with Gasteiger partial charge in [0.15, 0.2) is 0 Å². The van der Waals surface area contributed by atoms with E-state index in [1.165, 1.54) is 31.2 Å². The Labute approximate surface area is 130 Å². The molecule has 0 bridgehead atoms. The minimum Gasteiger partial charge on any atom is -0.307 e. The molecule has 19 heavy (non-hydrogen) atoms. The molecule has 1 fully saturated rings. The van der Waals surface area contributed by atoms with Crippen molar-refractivity contribution < 1.29 is 0 Å². The van der Waals surface area contributed by atoms with E-state index in [1.807, 2.05) is 23.9 Å². The molecule has 4 heteroatoms. The number of hydrogen-bond acceptors (Lipinski definition) is 2. The first-order chi connectivity index (χ1) is 9.10. The molecule has 1 aromatic rings. The minimum atomic E-state index is 0.325. The van der Waals surface area contributed by atoms with Gasteiger partial charge in [0.05, 0.1) is 10.0 Å². The van der Waals surface area contributed by atoms with Crippen LogP contribution in [0.5, 0.6) is 0 Å². The number of benzene rings is 1. The van der Waals surface area contributed by atoms with Crippen molar-refractivity contribution in [2.24, 2.45) is 0 Å². The maximum absolute atomic E-state index is 6.08. The van der Waals surface area contributed by atoms with Crippen LogP contribution in [0.25, 0.3) is 0 Å². The molecule has 0 spiro atoms. The van der Waals surface area contributed by atoms with Crippen LogP contribution in [0.15, 0.2) is 18.2 Å². The van der Waals surface area contributed by atoms with Crippen molar-refractivity contribution >= 4 is 35.0 Å². The molecule has 0 aromatic heterocycles. The zero-order valence-corrected chi connectivity index (χ0v) is 13.8. The first-order valence-corrected chi connectivity index (χ1v) is 8.88. The number of hydrogen-bond donors (Lipinski definition) is 1. The molecule has 1 aromatic carbocycles. The first kappa shape index (κ1) is 15.5. The summed E-state index contributed by atoms with van der Waals surface area (Å²) >= 11 is 14.0. The molecule has 1 aliphatic carbocycles. The van der Waals surface area contributed by atoms with Crippen molar-refractivity contribution in [3.05, 3.63) is 33.8 Å². The van der Waals surface area contributed by atoms with Crippen molar-refractivity contribution in [3.8, 4) is 0 Å². The highest BCUT2D eigenvalue weighted by atomic mass is 35.5. The summed E-state index contributed by atoms with van der Waals surface area (Å²) in [7, 11) is 0. The van der Waals surface area contributed by atoms with Crippen LogP contribution < -0.4 is 5.32 Å². The van der Waals surface area contributed by atoms with Gasteiger partial charge in [-0.3, -0.25) is 0 Å². The summed E-state index contributed by atoms with van der Waals surface area (Å²) in [6.07, 6.45) is 7.42. The summed E-state index contributed by atoms with van der Waals surface area (Å²) < 4.78 is 0. The first-order valence-electron chi connectivity index (χ1n) is 6.84. The molecule has 1 aliphatic rings. The molecule has 1 atom stereocenters. The van der Waals surface area contributed by atoms with Crippen molar-refractivity contribution in [3.63, 3.8) is 0 Å². The fourth-order valence-electron chi connectivity index (χ4n) is 2.70. The standard InChI is InChI=1S/C15H21Cl2NS/c1-10(11-3-8-14(16)15(17)9-11)18-12-4-6-13(19-2)7-5-12/h3,8-10,12-13,18H,4-7H2,1-2H3. The number of thioether (sulfide) groups is 1. The summed E-state index contributed by atoms with van der Waals surface area (Å²) in [4.78, 5) is 0. The summed E-state index contributed by atoms with van der Waals surface area (Å²) in [6.45, 7) is 2.19. The smallest absolute Gasteiger partial charge is 0.0595 e. The van der Waals surface area contributed by atoms with Crippen LogP contribution in [0.3, 0.4) is 0 Å². The van der Waals surface area contributed by atoms with Gasteiger partial charge < -0.3 is 5.32 Å². The molecule has 2 rings (SSSR count). The minimum absolute atomic E-state index is 0.325. The number of nitrogens with one attached hydrogen (secondary N) is 1. The zero-order valence-electron chi connectivity index (χ0n) is 11.5. The normalized spacial score (nSPS) is 25.3. The van der Waals surface area contributed by atoms with Gasteiger partial charge in [-0.15, -0.1) is 0 Å².